The molecule has 0 N–H and O–H groups in total. The molecule has 0 spiro atoms. The van der Waals surface area contributed by atoms with E-state index in [1.54, 1.807) is 0 Å². The molecule has 18 heavy (non-hydrogen) atoms. The Balaban J connectivity index is 0.00000289. The molecule has 1 rings (SSSR count). The van der Waals surface area contributed by atoms with Crippen molar-refractivity contribution in [3.8, 4) is 5.75 Å². The van der Waals surface area contributed by atoms with E-state index >= 15 is 0 Å². The van der Waals surface area contributed by atoms with Gasteiger partial charge < -0.3 is 8.74 Å². The summed E-state index contributed by atoms with van der Waals surface area (Å²) in [7, 11) is 0. The molecule has 0 aliphatic carbocycles. The number of nitro benzene ring substituents is 2. The van der Waals surface area contributed by atoms with Gasteiger partial charge in [-0.25, -0.2) is 4.21 Å². The van der Waals surface area contributed by atoms with Crippen molar-refractivity contribution in [2.24, 2.45) is 0 Å². The van der Waals surface area contributed by atoms with Gasteiger partial charge in [-0.1, -0.05) is 11.6 Å². The summed E-state index contributed by atoms with van der Waals surface area (Å²) in [6, 6.07) is 1.34. The van der Waals surface area contributed by atoms with Crippen molar-refractivity contribution in [2.45, 2.75) is 0 Å². The summed E-state index contributed by atoms with van der Waals surface area (Å²) in [5.41, 5.74) is -1.64. The van der Waals surface area contributed by atoms with Crippen molar-refractivity contribution >= 4 is 34.3 Å². The van der Waals surface area contributed by atoms with E-state index < -0.39 is 43.4 Å². The number of hydrogen-bond donors (Lipinski definition) is 0. The van der Waals surface area contributed by atoms with Crippen molar-refractivity contribution in [2.75, 3.05) is 0 Å². The minimum absolute atomic E-state index is 0. The van der Waals surface area contributed by atoms with E-state index in [1.807, 2.05) is 0 Å². The topological polar surface area (TPSA) is 136 Å². The summed E-state index contributed by atoms with van der Waals surface area (Å²) in [5, 5.41) is 20.3. The van der Waals surface area contributed by atoms with Crippen LogP contribution in [0.3, 0.4) is 0 Å². The molecule has 0 saturated heterocycles. The minimum Gasteiger partial charge on any atom is -0.740 e. The van der Waals surface area contributed by atoms with Gasteiger partial charge in [-0.3, -0.25) is 20.2 Å². The quantitative estimate of drug-likeness (QED) is 0.280. The molecule has 0 bridgehead atoms. The largest absolute Gasteiger partial charge is 1.00 e. The van der Waals surface area contributed by atoms with Gasteiger partial charge in [0.1, 0.15) is 11.4 Å². The number of benzene rings is 1. The molecular formula is C6H2ClKN2O7S. The molecule has 12 heteroatoms. The SMILES string of the molecule is O=[N+]([O-])c1cc(OS(=O)[O-])cc([N+](=O)[O-])c1Cl.[K+]. The predicted octanol–water partition coefficient (Wildman–Crippen LogP) is -1.67. The van der Waals surface area contributed by atoms with E-state index in [2.05, 4.69) is 4.18 Å². The van der Waals surface area contributed by atoms with Gasteiger partial charge in [-0.2, -0.15) is 0 Å². The monoisotopic (exact) mass is 320 g/mol. The van der Waals surface area contributed by atoms with Crippen LogP contribution >= 0.6 is 11.6 Å². The molecule has 0 heterocycles. The second-order valence-corrected chi connectivity index (χ2v) is 3.53. The Morgan fingerprint density at radius 1 is 1.17 bits per heavy atom. The first-order valence-electron chi connectivity index (χ1n) is 3.73. The zero-order chi connectivity index (χ0) is 13.2. The molecule has 0 aliphatic rings. The van der Waals surface area contributed by atoms with Gasteiger partial charge in [0.15, 0.2) is 10.8 Å². The fourth-order valence-corrected chi connectivity index (χ4v) is 1.46. The maximum atomic E-state index is 10.5. The van der Waals surface area contributed by atoms with Gasteiger partial charge in [0, 0.05) is 0 Å². The Morgan fingerprint density at radius 2 is 1.56 bits per heavy atom. The summed E-state index contributed by atoms with van der Waals surface area (Å²) in [6.45, 7) is 0. The van der Waals surface area contributed by atoms with E-state index in [0.717, 1.165) is 0 Å². The number of nitro groups is 2. The van der Waals surface area contributed by atoms with Gasteiger partial charge in [0.2, 0.25) is 0 Å². The second-order valence-electron chi connectivity index (χ2n) is 2.58. The molecule has 0 radical (unpaired) electrons. The van der Waals surface area contributed by atoms with E-state index in [-0.39, 0.29) is 51.4 Å². The first-order chi connectivity index (χ1) is 7.82. The average molecular weight is 321 g/mol. The van der Waals surface area contributed by atoms with Crippen LogP contribution < -0.4 is 55.6 Å². The van der Waals surface area contributed by atoms with Gasteiger partial charge in [0.25, 0.3) is 11.4 Å². The molecule has 1 atom stereocenters. The first-order valence-corrected chi connectivity index (χ1v) is 5.10. The molecule has 0 saturated carbocycles. The molecule has 0 fully saturated rings. The molecule has 9 nitrogen and oxygen atoms in total. The van der Waals surface area contributed by atoms with Crippen LogP contribution in [0.5, 0.6) is 5.75 Å². The summed E-state index contributed by atoms with van der Waals surface area (Å²) in [4.78, 5) is 19.1. The van der Waals surface area contributed by atoms with Crippen LogP contribution in [0.4, 0.5) is 11.4 Å². The van der Waals surface area contributed by atoms with Gasteiger partial charge in [-0.15, -0.1) is 0 Å². The summed E-state index contributed by atoms with van der Waals surface area (Å²) in [6.07, 6.45) is 0. The van der Waals surface area contributed by atoms with Crippen molar-refractivity contribution in [1.29, 1.82) is 0 Å². The van der Waals surface area contributed by atoms with Crippen LogP contribution in [-0.2, 0) is 11.4 Å². The number of rotatable bonds is 4. The van der Waals surface area contributed by atoms with Crippen LogP contribution in [-0.4, -0.2) is 18.6 Å². The predicted molar refractivity (Wildman–Crippen MR) is 54.3 cm³/mol. The van der Waals surface area contributed by atoms with Gasteiger partial charge >= 0.3 is 51.4 Å². The Bertz CT molecular complexity index is 490. The first kappa shape index (κ1) is 17.9. The molecule has 0 aliphatic heterocycles. The van der Waals surface area contributed by atoms with E-state index in [9.17, 15) is 29.0 Å². The van der Waals surface area contributed by atoms with Gasteiger partial charge in [0.05, 0.1) is 22.0 Å². The molecule has 0 aromatic heterocycles. The molecular weight excluding hydrogens is 319 g/mol. The molecule has 92 valence electrons. The molecule has 1 aromatic rings. The Kier molecular flexibility index (Phi) is 7.39. The third-order valence-electron chi connectivity index (χ3n) is 1.57. The molecule has 1 unspecified atom stereocenters. The molecule has 1 aromatic carbocycles. The zero-order valence-electron chi connectivity index (χ0n) is 8.69. The Hall–Kier alpha value is -0.144. The van der Waals surface area contributed by atoms with E-state index in [4.69, 9.17) is 11.6 Å². The van der Waals surface area contributed by atoms with E-state index in [1.165, 1.54) is 0 Å². The smallest absolute Gasteiger partial charge is 0.740 e. The molecule has 0 amide bonds. The Labute approximate surface area is 150 Å². The van der Waals surface area contributed by atoms with Crippen LogP contribution in [0.25, 0.3) is 0 Å². The summed E-state index contributed by atoms with van der Waals surface area (Å²) >= 11 is 2.41. The third-order valence-corrected chi connectivity index (χ3v) is 2.28. The van der Waals surface area contributed by atoms with Gasteiger partial charge in [-0.05, 0) is 0 Å². The van der Waals surface area contributed by atoms with Crippen LogP contribution in [0.1, 0.15) is 0 Å². The number of nitrogens with zero attached hydrogens (tertiary/aromatic N) is 2. The van der Waals surface area contributed by atoms with Crippen molar-refractivity contribution in [3.05, 3.63) is 37.4 Å². The second kappa shape index (κ2) is 7.45. The fourth-order valence-electron chi connectivity index (χ4n) is 0.961. The third kappa shape index (κ3) is 4.51. The zero-order valence-corrected chi connectivity index (χ0v) is 13.4. The fraction of sp³-hybridized carbons (Fsp3) is 0. The van der Waals surface area contributed by atoms with Crippen LogP contribution in [0.2, 0.25) is 5.02 Å². The average Bonchev–Trinajstić information content (AvgIpc) is 2.18. The van der Waals surface area contributed by atoms with Crippen LogP contribution in [0, 0.1) is 20.2 Å². The Morgan fingerprint density at radius 3 is 1.83 bits per heavy atom. The van der Waals surface area contributed by atoms with Crippen LogP contribution in [0.15, 0.2) is 12.1 Å². The minimum atomic E-state index is -3.00. The number of hydrogen-bond acceptors (Lipinski definition) is 7. The summed E-state index contributed by atoms with van der Waals surface area (Å²) < 4.78 is 24.5. The van der Waals surface area contributed by atoms with Crippen molar-refractivity contribution < 1.29 is 74.2 Å². The number of halogens is 1. The van der Waals surface area contributed by atoms with Crippen molar-refractivity contribution in [3.63, 3.8) is 0 Å². The maximum absolute atomic E-state index is 10.5. The van der Waals surface area contributed by atoms with E-state index in [0.29, 0.717) is 12.1 Å². The standard InChI is InChI=1S/C6H3ClN2O7S.K/c7-6-4(8(10)11)1-3(16-17(14)15)2-5(6)9(12)13;/h1-2H,(H,14,15);/q;+1/p-1. The van der Waals surface area contributed by atoms with Crippen molar-refractivity contribution in [1.82, 2.24) is 0 Å². The summed E-state index contributed by atoms with van der Waals surface area (Å²) in [5.74, 6) is -0.568. The normalized spacial score (nSPS) is 11.2. The maximum Gasteiger partial charge on any atom is 1.00 e.